The van der Waals surface area contributed by atoms with Gasteiger partial charge in [0.15, 0.2) is 0 Å². The topological polar surface area (TPSA) is 20.2 Å². The Kier molecular flexibility index (Phi) is 5.79. The predicted octanol–water partition coefficient (Wildman–Crippen LogP) is 5.31. The molecule has 2 rings (SSSR count). The molecular weight excluding hydrogens is 268 g/mol. The van der Waals surface area contributed by atoms with E-state index in [4.69, 9.17) is 0 Å². The summed E-state index contributed by atoms with van der Waals surface area (Å²) in [6, 6.07) is 19.3. The summed E-state index contributed by atoms with van der Waals surface area (Å²) in [7, 11) is 0. The van der Waals surface area contributed by atoms with Crippen molar-refractivity contribution in [3.05, 3.63) is 71.3 Å². The van der Waals surface area contributed by atoms with Gasteiger partial charge < -0.3 is 5.11 Å². The maximum absolute atomic E-state index is 9.50. The van der Waals surface area contributed by atoms with E-state index in [0.717, 1.165) is 18.4 Å². The second-order valence-electron chi connectivity index (χ2n) is 6.38. The summed E-state index contributed by atoms with van der Waals surface area (Å²) in [6.45, 7) is 6.98. The third-order valence-electron chi connectivity index (χ3n) is 4.99. The standard InChI is InChI=1S/C21H28O/c1-4-17(3)15-21(5-2,19-11-7-6-8-12-19)20-13-9-10-18(14-20)16-22/h6-14,17,22H,4-5,15-16H2,1-3H3. The zero-order chi connectivity index (χ0) is 16.0. The molecule has 0 heterocycles. The van der Waals surface area contributed by atoms with Crippen LogP contribution in [0, 0.1) is 5.92 Å². The quantitative estimate of drug-likeness (QED) is 0.734. The number of aliphatic hydroxyl groups is 1. The smallest absolute Gasteiger partial charge is 0.0681 e. The normalized spacial score (nSPS) is 15.3. The molecule has 0 aromatic heterocycles. The monoisotopic (exact) mass is 296 g/mol. The SMILES string of the molecule is CCC(C)CC(CC)(c1ccccc1)c1cccc(CO)c1. The highest BCUT2D eigenvalue weighted by Crippen LogP contribution is 2.42. The van der Waals surface area contributed by atoms with Crippen molar-refractivity contribution in [2.24, 2.45) is 5.92 Å². The van der Waals surface area contributed by atoms with Crippen LogP contribution in [-0.4, -0.2) is 5.11 Å². The van der Waals surface area contributed by atoms with Gasteiger partial charge in [-0.3, -0.25) is 0 Å². The molecule has 0 aliphatic rings. The molecule has 0 aliphatic carbocycles. The molecule has 0 spiro atoms. The van der Waals surface area contributed by atoms with Crippen molar-refractivity contribution in [2.75, 3.05) is 0 Å². The molecule has 1 N–H and O–H groups in total. The summed E-state index contributed by atoms with van der Waals surface area (Å²) in [6.07, 6.45) is 3.39. The Bertz CT molecular complexity index is 575. The highest BCUT2D eigenvalue weighted by atomic mass is 16.3. The fourth-order valence-electron chi connectivity index (χ4n) is 3.42. The van der Waals surface area contributed by atoms with E-state index < -0.39 is 0 Å². The van der Waals surface area contributed by atoms with Gasteiger partial charge in [-0.15, -0.1) is 0 Å². The first-order chi connectivity index (χ1) is 10.7. The Morgan fingerprint density at radius 2 is 1.64 bits per heavy atom. The molecule has 2 aromatic rings. The van der Waals surface area contributed by atoms with Crippen LogP contribution in [0.15, 0.2) is 54.6 Å². The molecule has 0 saturated carbocycles. The molecule has 0 saturated heterocycles. The molecule has 1 heteroatoms. The molecule has 118 valence electrons. The summed E-state index contributed by atoms with van der Waals surface area (Å²) in [4.78, 5) is 0. The molecule has 0 aliphatic heterocycles. The van der Waals surface area contributed by atoms with Gasteiger partial charge in [0, 0.05) is 5.41 Å². The van der Waals surface area contributed by atoms with Gasteiger partial charge >= 0.3 is 0 Å². The van der Waals surface area contributed by atoms with Crippen LogP contribution in [0.25, 0.3) is 0 Å². The van der Waals surface area contributed by atoms with E-state index in [1.807, 2.05) is 6.07 Å². The molecule has 0 amide bonds. The lowest BCUT2D eigenvalue weighted by Crippen LogP contribution is -2.29. The van der Waals surface area contributed by atoms with E-state index in [0.29, 0.717) is 5.92 Å². The minimum atomic E-state index is 0.0296. The Morgan fingerprint density at radius 1 is 0.955 bits per heavy atom. The van der Waals surface area contributed by atoms with E-state index in [-0.39, 0.29) is 12.0 Å². The molecule has 0 radical (unpaired) electrons. The number of hydrogen-bond donors (Lipinski definition) is 1. The average Bonchev–Trinajstić information content (AvgIpc) is 2.60. The molecule has 2 unspecified atom stereocenters. The molecule has 2 atom stereocenters. The van der Waals surface area contributed by atoms with Gasteiger partial charge in [-0.1, -0.05) is 81.8 Å². The van der Waals surface area contributed by atoms with Gasteiger partial charge in [-0.2, -0.15) is 0 Å². The maximum Gasteiger partial charge on any atom is 0.0681 e. The zero-order valence-electron chi connectivity index (χ0n) is 14.0. The van der Waals surface area contributed by atoms with Crippen molar-refractivity contribution < 1.29 is 5.11 Å². The Labute approximate surface area is 135 Å². The van der Waals surface area contributed by atoms with Crippen molar-refractivity contribution in [2.45, 2.75) is 52.1 Å². The molecule has 0 bridgehead atoms. The summed E-state index contributed by atoms with van der Waals surface area (Å²) >= 11 is 0. The van der Waals surface area contributed by atoms with Gasteiger partial charge in [0.1, 0.15) is 0 Å². The largest absolute Gasteiger partial charge is 0.392 e. The van der Waals surface area contributed by atoms with Gasteiger partial charge in [-0.05, 0) is 35.4 Å². The highest BCUT2D eigenvalue weighted by Gasteiger charge is 2.33. The van der Waals surface area contributed by atoms with E-state index >= 15 is 0 Å². The van der Waals surface area contributed by atoms with Crippen LogP contribution in [-0.2, 0) is 12.0 Å². The number of rotatable bonds is 7. The van der Waals surface area contributed by atoms with E-state index in [9.17, 15) is 5.11 Å². The maximum atomic E-state index is 9.50. The molecule has 0 fully saturated rings. The lowest BCUT2D eigenvalue weighted by atomic mass is 9.67. The van der Waals surface area contributed by atoms with Gasteiger partial charge in [0.05, 0.1) is 6.61 Å². The highest BCUT2D eigenvalue weighted by molar-refractivity contribution is 5.41. The summed E-state index contributed by atoms with van der Waals surface area (Å²) in [5.41, 5.74) is 3.73. The fraction of sp³-hybridized carbons (Fsp3) is 0.429. The number of aliphatic hydroxyl groups excluding tert-OH is 1. The van der Waals surface area contributed by atoms with Crippen LogP contribution in [0.1, 0.15) is 56.7 Å². The summed E-state index contributed by atoms with van der Waals surface area (Å²) in [5, 5.41) is 9.50. The van der Waals surface area contributed by atoms with Crippen molar-refractivity contribution >= 4 is 0 Å². The molecule has 22 heavy (non-hydrogen) atoms. The fourth-order valence-corrected chi connectivity index (χ4v) is 3.42. The van der Waals surface area contributed by atoms with Gasteiger partial charge in [0.25, 0.3) is 0 Å². The third kappa shape index (κ3) is 3.41. The van der Waals surface area contributed by atoms with Gasteiger partial charge in [-0.25, -0.2) is 0 Å². The lowest BCUT2D eigenvalue weighted by molar-refractivity contribution is 0.281. The Morgan fingerprint density at radius 3 is 2.23 bits per heavy atom. The Balaban J connectivity index is 2.57. The minimum absolute atomic E-state index is 0.0296. The first-order valence-electron chi connectivity index (χ1n) is 8.42. The van der Waals surface area contributed by atoms with Gasteiger partial charge in [0.2, 0.25) is 0 Å². The third-order valence-corrected chi connectivity index (χ3v) is 4.99. The zero-order valence-corrected chi connectivity index (χ0v) is 14.0. The second kappa shape index (κ2) is 7.60. The first-order valence-corrected chi connectivity index (χ1v) is 8.42. The van der Waals surface area contributed by atoms with Crippen LogP contribution in [0.2, 0.25) is 0 Å². The predicted molar refractivity (Wildman–Crippen MR) is 93.9 cm³/mol. The Hall–Kier alpha value is -1.60. The van der Waals surface area contributed by atoms with Crippen LogP contribution in [0.3, 0.4) is 0 Å². The molecule has 1 nitrogen and oxygen atoms in total. The second-order valence-corrected chi connectivity index (χ2v) is 6.38. The van der Waals surface area contributed by atoms with E-state index in [1.54, 1.807) is 0 Å². The van der Waals surface area contributed by atoms with Crippen molar-refractivity contribution in [3.63, 3.8) is 0 Å². The first kappa shape index (κ1) is 16.8. The van der Waals surface area contributed by atoms with Crippen LogP contribution in [0.4, 0.5) is 0 Å². The summed E-state index contributed by atoms with van der Waals surface area (Å²) in [5.74, 6) is 0.665. The molecule has 2 aromatic carbocycles. The van der Waals surface area contributed by atoms with Crippen molar-refractivity contribution in [1.82, 2.24) is 0 Å². The number of benzene rings is 2. The van der Waals surface area contributed by atoms with E-state index in [1.165, 1.54) is 17.5 Å². The lowest BCUT2D eigenvalue weighted by Gasteiger charge is -2.37. The number of hydrogen-bond acceptors (Lipinski definition) is 1. The van der Waals surface area contributed by atoms with Crippen LogP contribution < -0.4 is 0 Å². The van der Waals surface area contributed by atoms with Crippen LogP contribution in [0.5, 0.6) is 0 Å². The van der Waals surface area contributed by atoms with E-state index in [2.05, 4.69) is 69.3 Å². The molecular formula is C21H28O. The van der Waals surface area contributed by atoms with Crippen LogP contribution >= 0.6 is 0 Å². The van der Waals surface area contributed by atoms with Crippen molar-refractivity contribution in [3.8, 4) is 0 Å². The summed E-state index contributed by atoms with van der Waals surface area (Å²) < 4.78 is 0. The minimum Gasteiger partial charge on any atom is -0.392 e. The van der Waals surface area contributed by atoms with Crippen molar-refractivity contribution in [1.29, 1.82) is 0 Å². The average molecular weight is 296 g/mol.